The van der Waals surface area contributed by atoms with E-state index in [4.69, 9.17) is 23.7 Å². The topological polar surface area (TPSA) is 89.9 Å². The molecule has 1 N–H and O–H groups in total. The quantitative estimate of drug-likeness (QED) is 0.118. The van der Waals surface area contributed by atoms with E-state index in [0.717, 1.165) is 52.3 Å². The third-order valence-corrected chi connectivity index (χ3v) is 15.0. The Morgan fingerprint density at radius 3 is 2.51 bits per heavy atom. The van der Waals surface area contributed by atoms with Crippen molar-refractivity contribution in [2.75, 3.05) is 45.2 Å². The minimum Gasteiger partial charge on any atom is -0.504 e. The molecule has 2 saturated heterocycles. The van der Waals surface area contributed by atoms with Crippen molar-refractivity contribution in [3.63, 3.8) is 0 Å². The van der Waals surface area contributed by atoms with E-state index in [1.165, 1.54) is 27.8 Å². The minimum absolute atomic E-state index is 0.0485. The van der Waals surface area contributed by atoms with Gasteiger partial charge in [0.05, 0.1) is 25.1 Å². The molecule has 10 heteroatoms. The lowest BCUT2D eigenvalue weighted by molar-refractivity contribution is -0.171. The van der Waals surface area contributed by atoms with Gasteiger partial charge < -0.3 is 28.8 Å². The second-order valence-corrected chi connectivity index (χ2v) is 17.9. The zero-order valence-corrected chi connectivity index (χ0v) is 34.1. The monoisotopic (exact) mass is 786 g/mol. The fourth-order valence-electron chi connectivity index (χ4n) is 11.3. The molecule has 57 heavy (non-hydrogen) atoms. The molecule has 2 unspecified atom stereocenters. The lowest BCUT2D eigenvalue weighted by atomic mass is 9.73. The van der Waals surface area contributed by atoms with E-state index in [0.29, 0.717) is 41.9 Å². The van der Waals surface area contributed by atoms with Crippen LogP contribution in [-0.4, -0.2) is 78.1 Å². The number of esters is 1. The molecular weight excluding hydrogens is 737 g/mol. The molecule has 296 valence electrons. The number of rotatable bonds is 11. The summed E-state index contributed by atoms with van der Waals surface area (Å²) in [4.78, 5) is 19.1. The molecule has 0 spiro atoms. The summed E-state index contributed by atoms with van der Waals surface area (Å²) in [5.41, 5.74) is 11.1. The maximum atomic E-state index is 14.0. The summed E-state index contributed by atoms with van der Waals surface area (Å²) in [6, 6.07) is 19.4. The van der Waals surface area contributed by atoms with Crippen LogP contribution in [0.4, 0.5) is 0 Å². The Balaban J connectivity index is 0.958. The molecule has 0 amide bonds. The van der Waals surface area contributed by atoms with Gasteiger partial charge in [-0.15, -0.1) is 0 Å². The number of fused-ring (bicyclic) bond motifs is 11. The van der Waals surface area contributed by atoms with Crippen molar-refractivity contribution in [2.24, 2.45) is 5.92 Å². The van der Waals surface area contributed by atoms with Crippen molar-refractivity contribution < 1.29 is 33.6 Å². The molecule has 0 aromatic heterocycles. The zero-order valence-electron chi connectivity index (χ0n) is 33.3. The van der Waals surface area contributed by atoms with E-state index in [2.05, 4.69) is 77.9 Å². The molecule has 4 aromatic rings. The summed E-state index contributed by atoms with van der Waals surface area (Å²) < 4.78 is 31.0. The molecular formula is C47H50N2O7S. The summed E-state index contributed by atoms with van der Waals surface area (Å²) in [6.07, 6.45) is 3.38. The lowest BCUT2D eigenvalue weighted by Crippen LogP contribution is -2.71. The van der Waals surface area contributed by atoms with Crippen LogP contribution < -0.4 is 18.9 Å². The lowest BCUT2D eigenvalue weighted by Gasteiger charge is -2.64. The molecule has 0 radical (unpaired) electrons. The largest absolute Gasteiger partial charge is 0.504 e. The average molecular weight is 787 g/mol. The highest BCUT2D eigenvalue weighted by Gasteiger charge is 2.66. The number of hydrogen-bond acceptors (Lipinski definition) is 10. The van der Waals surface area contributed by atoms with Crippen molar-refractivity contribution >= 4 is 17.7 Å². The highest BCUT2D eigenvalue weighted by atomic mass is 32.2. The third-order valence-electron chi connectivity index (χ3n) is 13.7. The Bertz CT molecular complexity index is 2280. The van der Waals surface area contributed by atoms with Gasteiger partial charge in [0.15, 0.2) is 23.0 Å². The fourth-order valence-corrected chi connectivity index (χ4v) is 12.5. The van der Waals surface area contributed by atoms with Crippen LogP contribution in [0.5, 0.6) is 28.7 Å². The predicted octanol–water partition coefficient (Wildman–Crippen LogP) is 8.36. The van der Waals surface area contributed by atoms with E-state index in [-0.39, 0.29) is 60.7 Å². The standard InChI is InChI=1S/C47H50N2O7S/c1-7-16-53-43-27(4)44-45(56-24-55-44)38-33(43)18-36-40-39-35(17-25(2)42(52-6)41(39)50)47(5)19-28(49(40)47)20-48(36)37(38)21-54-46(51)26(3)22-57-23-34-31-14-10-8-12-29(31)30-13-9-11-15-32(30)34/h7-15,17,26,28,34,36-37,40,50H,1,16,18-24H2,2-6H3/t26-,28-,36?,37-,40+,47?/m0/s1. The first-order valence-electron chi connectivity index (χ1n) is 20.2. The second-order valence-electron chi connectivity index (χ2n) is 16.8. The molecule has 6 atom stereocenters. The van der Waals surface area contributed by atoms with Gasteiger partial charge in [-0.1, -0.05) is 68.1 Å². The number of phenolic OH excluding ortho intramolecular Hbond substituents is 1. The number of phenols is 1. The van der Waals surface area contributed by atoms with Crippen LogP contribution in [0.1, 0.15) is 82.8 Å². The summed E-state index contributed by atoms with van der Waals surface area (Å²) in [6.45, 7) is 13.6. The first kappa shape index (κ1) is 36.7. The number of nitrogens with zero attached hydrogens (tertiary/aromatic N) is 2. The van der Waals surface area contributed by atoms with E-state index < -0.39 is 0 Å². The molecule has 6 aliphatic rings. The van der Waals surface area contributed by atoms with Crippen LogP contribution in [0.2, 0.25) is 0 Å². The van der Waals surface area contributed by atoms with E-state index in [1.54, 1.807) is 13.2 Å². The predicted molar refractivity (Wildman–Crippen MR) is 221 cm³/mol. The number of carbonyl (C=O) groups is 1. The van der Waals surface area contributed by atoms with Crippen molar-refractivity contribution in [2.45, 2.75) is 76.2 Å². The van der Waals surface area contributed by atoms with Gasteiger partial charge in [-0.25, -0.2) is 0 Å². The first-order chi connectivity index (χ1) is 27.7. The molecule has 5 heterocycles. The molecule has 5 aliphatic heterocycles. The highest BCUT2D eigenvalue weighted by Crippen LogP contribution is 2.66. The number of benzene rings is 4. The van der Waals surface area contributed by atoms with Gasteiger partial charge in [0.1, 0.15) is 19.0 Å². The average Bonchev–Trinajstić information content (AvgIpc) is 3.88. The summed E-state index contributed by atoms with van der Waals surface area (Å²) in [5.74, 6) is 4.25. The van der Waals surface area contributed by atoms with Gasteiger partial charge in [0, 0.05) is 63.8 Å². The number of aryl methyl sites for hydroxylation is 1. The number of hydrogen-bond donors (Lipinski definition) is 1. The Kier molecular flexibility index (Phi) is 8.84. The third kappa shape index (κ3) is 5.32. The number of carbonyl (C=O) groups excluding carboxylic acids is 1. The Labute approximate surface area is 338 Å². The first-order valence-corrected chi connectivity index (χ1v) is 21.4. The van der Waals surface area contributed by atoms with Crippen molar-refractivity contribution in [3.05, 3.63) is 112 Å². The molecule has 4 aromatic carbocycles. The molecule has 9 nitrogen and oxygen atoms in total. The number of ether oxygens (including phenoxy) is 5. The van der Waals surface area contributed by atoms with Gasteiger partial charge in [0.2, 0.25) is 6.79 Å². The summed E-state index contributed by atoms with van der Waals surface area (Å²) >= 11 is 1.81. The Hall–Kier alpha value is -4.64. The van der Waals surface area contributed by atoms with E-state index in [9.17, 15) is 9.90 Å². The molecule has 0 saturated carbocycles. The zero-order chi connectivity index (χ0) is 39.3. The number of thioether (sulfide) groups is 1. The van der Waals surface area contributed by atoms with Crippen LogP contribution >= 0.6 is 11.8 Å². The van der Waals surface area contributed by atoms with Gasteiger partial charge in [-0.3, -0.25) is 14.6 Å². The second kappa shape index (κ2) is 13.7. The SMILES string of the molecule is C=CCOc1c(C)c2c(c3c1CC1[C@@H]4c5c(cc(C)c(OC)c5O)C5(C)C[C@@H](CN1[C@H]3COC(=O)[C@@H](C)CSCC1c3ccccc3-c3ccccc31)N45)OCO2. The molecule has 2 fully saturated rings. The van der Waals surface area contributed by atoms with Crippen LogP contribution in [0.15, 0.2) is 67.3 Å². The number of methoxy groups -OCH3 is 1. The van der Waals surface area contributed by atoms with Crippen molar-refractivity contribution in [1.29, 1.82) is 0 Å². The van der Waals surface area contributed by atoms with Crippen molar-refractivity contribution in [3.8, 4) is 39.9 Å². The van der Waals surface area contributed by atoms with E-state index >= 15 is 0 Å². The Morgan fingerprint density at radius 1 is 1.07 bits per heavy atom. The van der Waals surface area contributed by atoms with Gasteiger partial charge in [0.25, 0.3) is 0 Å². The van der Waals surface area contributed by atoms with Crippen LogP contribution in [0, 0.1) is 19.8 Å². The van der Waals surface area contributed by atoms with Gasteiger partial charge in [-0.2, -0.15) is 11.8 Å². The van der Waals surface area contributed by atoms with E-state index in [1.807, 2.05) is 32.5 Å². The molecule has 1 aliphatic carbocycles. The smallest absolute Gasteiger partial charge is 0.309 e. The van der Waals surface area contributed by atoms with Gasteiger partial charge in [-0.05, 0) is 73.1 Å². The van der Waals surface area contributed by atoms with Crippen LogP contribution in [-0.2, 0) is 21.5 Å². The number of aromatic hydroxyl groups is 1. The van der Waals surface area contributed by atoms with Crippen molar-refractivity contribution in [1.82, 2.24) is 9.80 Å². The van der Waals surface area contributed by atoms with Crippen LogP contribution in [0.25, 0.3) is 11.1 Å². The van der Waals surface area contributed by atoms with Crippen LogP contribution in [0.3, 0.4) is 0 Å². The minimum atomic E-state index is -0.316. The molecule has 10 rings (SSSR count). The summed E-state index contributed by atoms with van der Waals surface area (Å²) in [5, 5.41) is 11.9. The maximum absolute atomic E-state index is 14.0. The highest BCUT2D eigenvalue weighted by molar-refractivity contribution is 7.99. The fraction of sp³-hybridized carbons (Fsp3) is 0.426. The Morgan fingerprint density at radius 2 is 1.79 bits per heavy atom. The maximum Gasteiger partial charge on any atom is 0.309 e. The summed E-state index contributed by atoms with van der Waals surface area (Å²) in [7, 11) is 1.62. The van der Waals surface area contributed by atoms with Gasteiger partial charge >= 0.3 is 5.97 Å². The number of piperazine rings is 1. The normalized spacial score (nSPS) is 25.3. The molecule has 0 bridgehead atoms.